The molecular weight excluding hydrogens is 256 g/mol. The van der Waals surface area contributed by atoms with Crippen LogP contribution in [0.4, 0.5) is 0 Å². The first-order chi connectivity index (χ1) is 7.16. The van der Waals surface area contributed by atoms with E-state index in [4.69, 9.17) is 5.73 Å². The highest BCUT2D eigenvalue weighted by molar-refractivity contribution is 9.10. The molecule has 0 heterocycles. The molecule has 0 fully saturated rings. The maximum absolute atomic E-state index is 10.7. The van der Waals surface area contributed by atoms with E-state index in [1.165, 1.54) is 11.1 Å². The summed E-state index contributed by atoms with van der Waals surface area (Å²) >= 11 is 3.45. The Morgan fingerprint density at radius 1 is 1.60 bits per heavy atom. The molecule has 0 bridgehead atoms. The van der Waals surface area contributed by atoms with Crippen LogP contribution in [-0.4, -0.2) is 12.5 Å². The second-order valence-electron chi connectivity index (χ2n) is 3.78. The Bertz CT molecular complexity index is 392. The Labute approximate surface area is 97.2 Å². The van der Waals surface area contributed by atoms with E-state index in [0.717, 1.165) is 17.3 Å². The number of carbonyl (C=O) groups is 1. The Hall–Kier alpha value is -0.870. The zero-order valence-corrected chi connectivity index (χ0v) is 9.88. The van der Waals surface area contributed by atoms with Gasteiger partial charge in [0.1, 0.15) is 0 Å². The van der Waals surface area contributed by atoms with Crippen molar-refractivity contribution in [2.75, 3.05) is 6.54 Å². The second-order valence-corrected chi connectivity index (χ2v) is 4.70. The minimum Gasteiger partial charge on any atom is -0.369 e. The lowest BCUT2D eigenvalue weighted by Crippen LogP contribution is -2.30. The van der Waals surface area contributed by atoms with E-state index >= 15 is 0 Å². The number of nitrogens with one attached hydrogen (secondary N) is 1. The van der Waals surface area contributed by atoms with Gasteiger partial charge in [0.05, 0.1) is 6.54 Å². The molecule has 1 aromatic rings. The van der Waals surface area contributed by atoms with Crippen LogP contribution >= 0.6 is 15.9 Å². The molecule has 15 heavy (non-hydrogen) atoms. The fourth-order valence-corrected chi connectivity index (χ4v) is 2.43. The molecule has 1 amide bonds. The zero-order chi connectivity index (χ0) is 10.8. The molecule has 0 aromatic heterocycles. The predicted molar refractivity (Wildman–Crippen MR) is 62.4 cm³/mol. The van der Waals surface area contributed by atoms with Crippen molar-refractivity contribution in [2.24, 2.45) is 5.73 Å². The molecule has 1 atom stereocenters. The van der Waals surface area contributed by atoms with E-state index in [1.54, 1.807) is 0 Å². The molecule has 1 aliphatic rings. The average molecular weight is 269 g/mol. The largest absolute Gasteiger partial charge is 0.369 e. The number of hydrogen-bond acceptors (Lipinski definition) is 2. The van der Waals surface area contributed by atoms with Crippen molar-refractivity contribution in [1.82, 2.24) is 5.32 Å². The highest BCUT2D eigenvalue weighted by Crippen LogP contribution is 2.32. The van der Waals surface area contributed by atoms with Crippen molar-refractivity contribution in [3.8, 4) is 0 Å². The number of benzene rings is 1. The van der Waals surface area contributed by atoms with Gasteiger partial charge in [-0.3, -0.25) is 4.79 Å². The summed E-state index contributed by atoms with van der Waals surface area (Å²) in [5, 5.41) is 3.17. The number of primary amides is 1. The minimum atomic E-state index is -0.305. The quantitative estimate of drug-likeness (QED) is 0.874. The average Bonchev–Trinajstić information content (AvgIpc) is 2.57. The number of nitrogens with two attached hydrogens (primary N) is 1. The van der Waals surface area contributed by atoms with Gasteiger partial charge in [-0.1, -0.05) is 22.0 Å². The summed E-state index contributed by atoms with van der Waals surface area (Å²) < 4.78 is 1.11. The molecule has 1 unspecified atom stereocenters. The van der Waals surface area contributed by atoms with Crippen molar-refractivity contribution >= 4 is 21.8 Å². The molecule has 0 spiro atoms. The fraction of sp³-hybridized carbons (Fsp3) is 0.364. The van der Waals surface area contributed by atoms with Crippen LogP contribution in [0.2, 0.25) is 0 Å². The highest BCUT2D eigenvalue weighted by Gasteiger charge is 2.21. The topological polar surface area (TPSA) is 55.1 Å². The number of halogens is 1. The van der Waals surface area contributed by atoms with Gasteiger partial charge in [-0.15, -0.1) is 0 Å². The third-order valence-corrected chi connectivity index (χ3v) is 3.20. The first kappa shape index (κ1) is 10.6. The summed E-state index contributed by atoms with van der Waals surface area (Å²) in [5.74, 6) is -0.305. The molecular formula is C11H13BrN2O. The third kappa shape index (κ3) is 2.38. The van der Waals surface area contributed by atoms with Crippen molar-refractivity contribution in [1.29, 1.82) is 0 Å². The molecule has 1 aliphatic carbocycles. The maximum Gasteiger partial charge on any atom is 0.231 e. The van der Waals surface area contributed by atoms with Crippen molar-refractivity contribution < 1.29 is 4.79 Å². The van der Waals surface area contributed by atoms with Crippen LogP contribution in [0, 0.1) is 0 Å². The SMILES string of the molecule is NC(=O)CNC1CCc2cc(Br)ccc21. The normalized spacial score (nSPS) is 18.9. The molecule has 0 saturated heterocycles. The molecule has 4 heteroatoms. The Balaban J connectivity index is 2.11. The Kier molecular flexibility index (Phi) is 3.07. The van der Waals surface area contributed by atoms with Crippen LogP contribution in [0.3, 0.4) is 0 Å². The van der Waals surface area contributed by atoms with Crippen LogP contribution in [-0.2, 0) is 11.2 Å². The lowest BCUT2D eigenvalue weighted by molar-refractivity contribution is -0.117. The standard InChI is InChI=1S/C11H13BrN2O/c12-8-2-3-9-7(5-8)1-4-10(9)14-6-11(13)15/h2-3,5,10,14H,1,4,6H2,(H2,13,15). The fourth-order valence-electron chi connectivity index (χ4n) is 2.02. The monoisotopic (exact) mass is 268 g/mol. The first-order valence-electron chi connectivity index (χ1n) is 4.97. The molecule has 0 radical (unpaired) electrons. The molecule has 2 rings (SSSR count). The van der Waals surface area contributed by atoms with Gasteiger partial charge in [0.25, 0.3) is 0 Å². The zero-order valence-electron chi connectivity index (χ0n) is 8.29. The van der Waals surface area contributed by atoms with E-state index in [0.29, 0.717) is 0 Å². The van der Waals surface area contributed by atoms with Gasteiger partial charge in [-0.05, 0) is 36.1 Å². The first-order valence-corrected chi connectivity index (χ1v) is 5.76. The molecule has 0 aliphatic heterocycles. The maximum atomic E-state index is 10.7. The number of amides is 1. The number of hydrogen-bond donors (Lipinski definition) is 2. The molecule has 3 N–H and O–H groups in total. The number of rotatable bonds is 3. The van der Waals surface area contributed by atoms with E-state index in [9.17, 15) is 4.79 Å². The van der Waals surface area contributed by atoms with Gasteiger partial charge in [0.2, 0.25) is 5.91 Å². The van der Waals surface area contributed by atoms with Crippen LogP contribution in [0.5, 0.6) is 0 Å². The van der Waals surface area contributed by atoms with Gasteiger partial charge in [-0.25, -0.2) is 0 Å². The Morgan fingerprint density at radius 2 is 2.40 bits per heavy atom. The van der Waals surface area contributed by atoms with E-state index < -0.39 is 0 Å². The predicted octanol–water partition coefficient (Wildman–Crippen LogP) is 1.51. The van der Waals surface area contributed by atoms with Gasteiger partial charge in [0.15, 0.2) is 0 Å². The summed E-state index contributed by atoms with van der Waals surface area (Å²) in [6.45, 7) is 0.250. The van der Waals surface area contributed by atoms with Crippen LogP contribution in [0.1, 0.15) is 23.6 Å². The number of aryl methyl sites for hydroxylation is 1. The number of fused-ring (bicyclic) bond motifs is 1. The summed E-state index contributed by atoms with van der Waals surface area (Å²) in [4.78, 5) is 10.7. The summed E-state index contributed by atoms with van der Waals surface area (Å²) in [5.41, 5.74) is 7.75. The smallest absolute Gasteiger partial charge is 0.231 e. The van der Waals surface area contributed by atoms with Gasteiger partial charge >= 0.3 is 0 Å². The number of carbonyl (C=O) groups excluding carboxylic acids is 1. The molecule has 0 saturated carbocycles. The lowest BCUT2D eigenvalue weighted by Gasteiger charge is -2.12. The van der Waals surface area contributed by atoms with Gasteiger partial charge in [-0.2, -0.15) is 0 Å². The highest BCUT2D eigenvalue weighted by atomic mass is 79.9. The van der Waals surface area contributed by atoms with E-state index in [2.05, 4.69) is 33.4 Å². The molecule has 80 valence electrons. The van der Waals surface area contributed by atoms with Crippen LogP contribution in [0.25, 0.3) is 0 Å². The third-order valence-electron chi connectivity index (χ3n) is 2.71. The van der Waals surface area contributed by atoms with Gasteiger partial charge < -0.3 is 11.1 Å². The summed E-state index contributed by atoms with van der Waals surface area (Å²) in [7, 11) is 0. The summed E-state index contributed by atoms with van der Waals surface area (Å²) in [6, 6.07) is 6.55. The second kappa shape index (κ2) is 4.33. The van der Waals surface area contributed by atoms with Crippen molar-refractivity contribution in [3.63, 3.8) is 0 Å². The Morgan fingerprint density at radius 3 is 3.13 bits per heavy atom. The lowest BCUT2D eigenvalue weighted by atomic mass is 10.1. The van der Waals surface area contributed by atoms with Crippen molar-refractivity contribution in [2.45, 2.75) is 18.9 Å². The van der Waals surface area contributed by atoms with Crippen LogP contribution < -0.4 is 11.1 Å². The summed E-state index contributed by atoms with van der Waals surface area (Å²) in [6.07, 6.45) is 2.10. The van der Waals surface area contributed by atoms with E-state index in [1.807, 2.05) is 6.07 Å². The molecule has 3 nitrogen and oxygen atoms in total. The minimum absolute atomic E-state index is 0.250. The van der Waals surface area contributed by atoms with Gasteiger partial charge in [0, 0.05) is 10.5 Å². The van der Waals surface area contributed by atoms with Crippen molar-refractivity contribution in [3.05, 3.63) is 33.8 Å². The van der Waals surface area contributed by atoms with Crippen LogP contribution in [0.15, 0.2) is 22.7 Å². The van der Waals surface area contributed by atoms with E-state index in [-0.39, 0.29) is 18.5 Å². The molecule has 1 aromatic carbocycles.